The maximum absolute atomic E-state index is 11.8. The Hall–Kier alpha value is -1.37. The fourth-order valence-electron chi connectivity index (χ4n) is 1.90. The van der Waals surface area contributed by atoms with E-state index in [1.54, 1.807) is 4.40 Å². The molecule has 8 heteroatoms. The van der Waals surface area contributed by atoms with Crippen LogP contribution < -0.4 is 11.1 Å². The van der Waals surface area contributed by atoms with Gasteiger partial charge in [-0.3, -0.25) is 14.5 Å². The molecular weight excluding hydrogens is 313 g/mol. The molecule has 0 bridgehead atoms. The first-order valence-electron chi connectivity index (χ1n) is 6.61. The molecule has 2 aromatic heterocycles. The number of unbranched alkanes of at least 4 members (excludes halogenated alkanes) is 3. The van der Waals surface area contributed by atoms with Crippen molar-refractivity contribution in [2.24, 2.45) is 5.73 Å². The molecule has 118 valence electrons. The summed E-state index contributed by atoms with van der Waals surface area (Å²) in [7, 11) is 0. The molecule has 3 N–H and O–H groups in total. The van der Waals surface area contributed by atoms with Gasteiger partial charge in [0.05, 0.1) is 0 Å². The van der Waals surface area contributed by atoms with Crippen molar-refractivity contribution in [3.63, 3.8) is 0 Å². The van der Waals surface area contributed by atoms with E-state index in [0.29, 0.717) is 12.4 Å². The largest absolute Gasteiger partial charge is 0.330 e. The first kappa shape index (κ1) is 19.6. The molecule has 0 aliphatic heterocycles. The van der Waals surface area contributed by atoms with Crippen molar-refractivity contribution in [2.45, 2.75) is 32.1 Å². The number of halogens is 2. The van der Waals surface area contributed by atoms with Gasteiger partial charge in [0, 0.05) is 12.6 Å². The highest BCUT2D eigenvalue weighted by Crippen LogP contribution is 2.09. The second-order valence-electron chi connectivity index (χ2n) is 4.45. The average molecular weight is 334 g/mol. The Bertz CT molecular complexity index is 546. The summed E-state index contributed by atoms with van der Waals surface area (Å²) < 4.78 is 1.76. The number of carbonyl (C=O) groups excluding carboxylic acids is 1. The zero-order chi connectivity index (χ0) is 13.5. The van der Waals surface area contributed by atoms with E-state index < -0.39 is 0 Å². The van der Waals surface area contributed by atoms with Crippen LogP contribution in [-0.2, 0) is 4.79 Å². The molecule has 0 spiro atoms. The summed E-state index contributed by atoms with van der Waals surface area (Å²) in [6, 6.07) is 5.60. The van der Waals surface area contributed by atoms with Crippen LogP contribution in [0.4, 0.5) is 5.95 Å². The van der Waals surface area contributed by atoms with Crippen LogP contribution in [0.2, 0.25) is 0 Å². The molecule has 2 rings (SSSR count). The minimum Gasteiger partial charge on any atom is -0.330 e. The Morgan fingerprint density at radius 3 is 2.67 bits per heavy atom. The molecule has 1 amide bonds. The van der Waals surface area contributed by atoms with Crippen LogP contribution in [-0.4, -0.2) is 27.0 Å². The van der Waals surface area contributed by atoms with E-state index in [1.165, 1.54) is 0 Å². The zero-order valence-electron chi connectivity index (χ0n) is 11.7. The van der Waals surface area contributed by atoms with E-state index in [1.807, 2.05) is 24.4 Å². The first-order valence-corrected chi connectivity index (χ1v) is 6.61. The van der Waals surface area contributed by atoms with Crippen LogP contribution in [0.3, 0.4) is 0 Å². The molecule has 0 unspecified atom stereocenters. The van der Waals surface area contributed by atoms with E-state index >= 15 is 0 Å². The van der Waals surface area contributed by atoms with Gasteiger partial charge >= 0.3 is 0 Å². The number of nitrogens with two attached hydrogens (primary N) is 1. The zero-order valence-corrected chi connectivity index (χ0v) is 13.3. The van der Waals surface area contributed by atoms with Gasteiger partial charge in [-0.1, -0.05) is 18.9 Å². The Morgan fingerprint density at radius 1 is 1.14 bits per heavy atom. The predicted octanol–water partition coefficient (Wildman–Crippen LogP) is 2.42. The second kappa shape index (κ2) is 10.4. The quantitative estimate of drug-likeness (QED) is 0.762. The third-order valence-corrected chi connectivity index (χ3v) is 2.92. The molecule has 21 heavy (non-hydrogen) atoms. The number of nitrogens with one attached hydrogen (secondary N) is 1. The topological polar surface area (TPSA) is 85.3 Å². The van der Waals surface area contributed by atoms with Gasteiger partial charge in [-0.25, -0.2) is 0 Å². The molecule has 2 heterocycles. The molecule has 0 aliphatic rings. The number of fused-ring (bicyclic) bond motifs is 1. The maximum Gasteiger partial charge on any atom is 0.235 e. The van der Waals surface area contributed by atoms with E-state index in [-0.39, 0.29) is 30.7 Å². The van der Waals surface area contributed by atoms with Gasteiger partial charge < -0.3 is 5.73 Å². The standard InChI is InChI=1S/C13H19N5O.2ClH/c14-9-5-2-1-3-8-12(19)15-13-17-16-11-7-4-6-10-18(11)13;;/h4,6-7,10H,1-3,5,8-9,14H2,(H,15,17,19);2*1H. The highest BCUT2D eigenvalue weighted by Gasteiger charge is 2.08. The number of hydrogen-bond acceptors (Lipinski definition) is 4. The summed E-state index contributed by atoms with van der Waals surface area (Å²) in [5, 5.41) is 10.7. The molecule has 0 radical (unpaired) electrons. The number of pyridine rings is 1. The van der Waals surface area contributed by atoms with Crippen LogP contribution in [0.15, 0.2) is 24.4 Å². The summed E-state index contributed by atoms with van der Waals surface area (Å²) in [4.78, 5) is 11.8. The van der Waals surface area contributed by atoms with Crippen molar-refractivity contribution in [1.82, 2.24) is 14.6 Å². The Balaban J connectivity index is 0.00000200. The highest BCUT2D eigenvalue weighted by molar-refractivity contribution is 5.89. The van der Waals surface area contributed by atoms with E-state index in [0.717, 1.165) is 37.9 Å². The average Bonchev–Trinajstić information content (AvgIpc) is 2.82. The number of carbonyl (C=O) groups is 1. The fraction of sp³-hybridized carbons (Fsp3) is 0.462. The summed E-state index contributed by atoms with van der Waals surface area (Å²) in [5.41, 5.74) is 6.14. The molecular formula is C13H21Cl2N5O. The van der Waals surface area contributed by atoms with Crippen molar-refractivity contribution in [3.8, 4) is 0 Å². The molecule has 0 fully saturated rings. The lowest BCUT2D eigenvalue weighted by Crippen LogP contribution is -2.13. The minimum absolute atomic E-state index is 0. The minimum atomic E-state index is -0.0223. The van der Waals surface area contributed by atoms with Gasteiger partial charge in [-0.05, 0) is 31.5 Å². The lowest BCUT2D eigenvalue weighted by molar-refractivity contribution is -0.116. The van der Waals surface area contributed by atoms with Gasteiger partial charge in [0.2, 0.25) is 11.9 Å². The summed E-state index contributed by atoms with van der Waals surface area (Å²) in [5.74, 6) is 0.452. The smallest absolute Gasteiger partial charge is 0.235 e. The SMILES string of the molecule is Cl.Cl.NCCCCCCC(=O)Nc1nnc2ccccn12. The molecule has 0 aromatic carbocycles. The number of hydrogen-bond donors (Lipinski definition) is 2. The number of aromatic nitrogens is 3. The number of anilines is 1. The van der Waals surface area contributed by atoms with Crippen molar-refractivity contribution in [2.75, 3.05) is 11.9 Å². The van der Waals surface area contributed by atoms with Crippen LogP contribution in [0, 0.1) is 0 Å². The van der Waals surface area contributed by atoms with Crippen molar-refractivity contribution in [3.05, 3.63) is 24.4 Å². The fourth-order valence-corrected chi connectivity index (χ4v) is 1.90. The van der Waals surface area contributed by atoms with Crippen LogP contribution in [0.25, 0.3) is 5.65 Å². The van der Waals surface area contributed by atoms with Crippen molar-refractivity contribution < 1.29 is 4.79 Å². The molecule has 6 nitrogen and oxygen atoms in total. The van der Waals surface area contributed by atoms with E-state index in [9.17, 15) is 4.79 Å². The van der Waals surface area contributed by atoms with E-state index in [2.05, 4.69) is 15.5 Å². The van der Waals surface area contributed by atoms with Gasteiger partial charge in [0.25, 0.3) is 0 Å². The van der Waals surface area contributed by atoms with Crippen LogP contribution in [0.1, 0.15) is 32.1 Å². The van der Waals surface area contributed by atoms with Crippen molar-refractivity contribution >= 4 is 42.3 Å². The van der Waals surface area contributed by atoms with Gasteiger partial charge in [0.1, 0.15) is 0 Å². The summed E-state index contributed by atoms with van der Waals surface area (Å²) >= 11 is 0. The van der Waals surface area contributed by atoms with Gasteiger partial charge in [-0.15, -0.1) is 35.0 Å². The second-order valence-corrected chi connectivity index (χ2v) is 4.45. The molecule has 2 aromatic rings. The van der Waals surface area contributed by atoms with Crippen LogP contribution >= 0.6 is 24.8 Å². The van der Waals surface area contributed by atoms with E-state index in [4.69, 9.17) is 5.73 Å². The van der Waals surface area contributed by atoms with Gasteiger partial charge in [0.15, 0.2) is 5.65 Å². The summed E-state index contributed by atoms with van der Waals surface area (Å²) in [6.45, 7) is 0.720. The molecule has 0 saturated heterocycles. The first-order chi connectivity index (χ1) is 9.31. The molecule has 0 saturated carbocycles. The van der Waals surface area contributed by atoms with Crippen molar-refractivity contribution in [1.29, 1.82) is 0 Å². The third-order valence-electron chi connectivity index (χ3n) is 2.92. The molecule has 0 aliphatic carbocycles. The lowest BCUT2D eigenvalue weighted by atomic mass is 10.1. The maximum atomic E-state index is 11.8. The Kier molecular flexibility index (Phi) is 9.69. The van der Waals surface area contributed by atoms with Gasteiger partial charge in [-0.2, -0.15) is 0 Å². The Labute approximate surface area is 136 Å². The predicted molar refractivity (Wildman–Crippen MR) is 88.3 cm³/mol. The molecule has 0 atom stereocenters. The van der Waals surface area contributed by atoms with Crippen LogP contribution in [0.5, 0.6) is 0 Å². The summed E-state index contributed by atoms with van der Waals surface area (Å²) in [6.07, 6.45) is 6.35. The normalized spacial score (nSPS) is 9.76. The Morgan fingerprint density at radius 2 is 1.90 bits per heavy atom. The highest BCUT2D eigenvalue weighted by atomic mass is 35.5. The monoisotopic (exact) mass is 333 g/mol. The lowest BCUT2D eigenvalue weighted by Gasteiger charge is -2.03. The number of amides is 1. The number of rotatable bonds is 7. The number of nitrogens with zero attached hydrogens (tertiary/aromatic N) is 3. The third kappa shape index (κ3) is 5.87.